The van der Waals surface area contributed by atoms with E-state index >= 15 is 0 Å². The van der Waals surface area contributed by atoms with Gasteiger partial charge in [-0.2, -0.15) is 0 Å². The largest absolute Gasteiger partial charge is 0.493 e. The normalized spacial score (nSPS) is 17.0. The molecular formula is C23H27NO2S. The number of para-hydroxylation sites is 1. The Labute approximate surface area is 164 Å². The zero-order valence-electron chi connectivity index (χ0n) is 16.3. The first kappa shape index (κ1) is 19.6. The summed E-state index contributed by atoms with van der Waals surface area (Å²) in [5, 5.41) is 0.790. The fraction of sp³-hybridized carbons (Fsp3) is 0.348. The molecule has 1 unspecified atom stereocenters. The molecule has 2 aromatic carbocycles. The summed E-state index contributed by atoms with van der Waals surface area (Å²) in [6.07, 6.45) is 3.40. The summed E-state index contributed by atoms with van der Waals surface area (Å²) in [4.78, 5) is 4.71. The molecule has 0 N–H and O–H groups in total. The van der Waals surface area contributed by atoms with E-state index in [1.165, 1.54) is 5.56 Å². The highest BCUT2D eigenvalue weighted by atomic mass is 32.2. The second-order valence-corrected chi connectivity index (χ2v) is 8.52. The van der Waals surface area contributed by atoms with Crippen LogP contribution in [0.4, 0.5) is 5.69 Å². The quantitative estimate of drug-likeness (QED) is 0.472. The molecular weight excluding hydrogens is 354 g/mol. The third kappa shape index (κ3) is 4.38. The second kappa shape index (κ2) is 8.66. The van der Waals surface area contributed by atoms with Gasteiger partial charge in [0.05, 0.1) is 28.8 Å². The summed E-state index contributed by atoms with van der Waals surface area (Å²) in [7, 11) is -1.14. The predicted octanol–water partition coefficient (Wildman–Crippen LogP) is 5.74. The Hall–Kier alpha value is -2.20. The van der Waals surface area contributed by atoms with Crippen LogP contribution in [0.15, 0.2) is 54.0 Å². The summed E-state index contributed by atoms with van der Waals surface area (Å²) in [6, 6.07) is 12.2. The molecule has 0 radical (unpaired) electrons. The Morgan fingerprint density at radius 1 is 1.26 bits per heavy atom. The topological polar surface area (TPSA) is 38.7 Å². The number of nitrogens with zero attached hydrogens (tertiary/aromatic N) is 1. The molecule has 1 aliphatic rings. The molecule has 0 saturated carbocycles. The van der Waals surface area contributed by atoms with Crippen molar-refractivity contribution < 1.29 is 8.95 Å². The summed E-state index contributed by atoms with van der Waals surface area (Å²) in [6.45, 7) is 10.6. The van der Waals surface area contributed by atoms with E-state index in [1.807, 2.05) is 43.3 Å². The van der Waals surface area contributed by atoms with E-state index in [9.17, 15) is 4.21 Å². The Kier molecular flexibility index (Phi) is 6.27. The third-order valence-electron chi connectivity index (χ3n) is 5.09. The van der Waals surface area contributed by atoms with Crippen LogP contribution >= 0.6 is 0 Å². The zero-order valence-corrected chi connectivity index (χ0v) is 17.1. The van der Waals surface area contributed by atoms with Crippen molar-refractivity contribution in [1.29, 1.82) is 0 Å². The lowest BCUT2D eigenvalue weighted by atomic mass is 9.94. The molecule has 0 bridgehead atoms. The van der Waals surface area contributed by atoms with Crippen molar-refractivity contribution >= 4 is 21.5 Å². The highest BCUT2D eigenvalue weighted by molar-refractivity contribution is 7.99. The standard InChI is InChI=1S/C23H27NO2S/c1-5-6-13-26-22-12-11-16(2)20(18(22)4)15-27(25)23-14-17(3)19-9-7-8-10-21(19)24-23/h5,7-12,17H,1,6,13-15H2,2-4H3/t17-,27?/m0/s1. The minimum absolute atomic E-state index is 0.341. The van der Waals surface area contributed by atoms with Gasteiger partial charge >= 0.3 is 0 Å². The van der Waals surface area contributed by atoms with Gasteiger partial charge in [-0.15, -0.1) is 6.58 Å². The summed E-state index contributed by atoms with van der Waals surface area (Å²) in [5.74, 6) is 1.68. The average molecular weight is 382 g/mol. The van der Waals surface area contributed by atoms with Crippen molar-refractivity contribution in [2.24, 2.45) is 4.99 Å². The average Bonchev–Trinajstić information content (AvgIpc) is 2.67. The molecule has 142 valence electrons. The number of aliphatic imine (C=N–C) groups is 1. The van der Waals surface area contributed by atoms with Crippen LogP contribution in [0.25, 0.3) is 0 Å². The molecule has 0 amide bonds. The molecule has 0 aliphatic carbocycles. The van der Waals surface area contributed by atoms with Gasteiger partial charge in [-0.1, -0.05) is 37.3 Å². The van der Waals surface area contributed by atoms with Gasteiger partial charge in [-0.05, 0) is 60.6 Å². The molecule has 27 heavy (non-hydrogen) atoms. The molecule has 0 aromatic heterocycles. The molecule has 2 atom stereocenters. The molecule has 2 aromatic rings. The maximum atomic E-state index is 13.1. The number of ether oxygens (including phenoxy) is 1. The summed E-state index contributed by atoms with van der Waals surface area (Å²) in [5.41, 5.74) is 5.50. The fourth-order valence-corrected chi connectivity index (χ4v) is 4.93. The van der Waals surface area contributed by atoms with Gasteiger partial charge < -0.3 is 4.74 Å². The molecule has 1 heterocycles. The van der Waals surface area contributed by atoms with Gasteiger partial charge in [0.25, 0.3) is 0 Å². The lowest BCUT2D eigenvalue weighted by molar-refractivity contribution is 0.322. The highest BCUT2D eigenvalue weighted by Gasteiger charge is 2.23. The van der Waals surface area contributed by atoms with Gasteiger partial charge in [-0.25, -0.2) is 4.99 Å². The Balaban J connectivity index is 1.83. The maximum Gasteiger partial charge on any atom is 0.122 e. The minimum atomic E-state index is -1.14. The Morgan fingerprint density at radius 3 is 2.81 bits per heavy atom. The monoisotopic (exact) mass is 381 g/mol. The zero-order chi connectivity index (χ0) is 19.4. The number of hydrogen-bond acceptors (Lipinski definition) is 3. The van der Waals surface area contributed by atoms with E-state index in [2.05, 4.69) is 26.5 Å². The van der Waals surface area contributed by atoms with Crippen LogP contribution < -0.4 is 4.74 Å². The lowest BCUT2D eigenvalue weighted by Gasteiger charge is -2.22. The van der Waals surface area contributed by atoms with Crippen LogP contribution in [0.1, 0.15) is 47.9 Å². The van der Waals surface area contributed by atoms with E-state index in [0.717, 1.165) is 46.0 Å². The molecule has 3 rings (SSSR count). The summed E-state index contributed by atoms with van der Waals surface area (Å²) < 4.78 is 19.0. The van der Waals surface area contributed by atoms with Gasteiger partial charge in [0.1, 0.15) is 10.8 Å². The summed E-state index contributed by atoms with van der Waals surface area (Å²) >= 11 is 0. The van der Waals surface area contributed by atoms with Crippen LogP contribution in [0.2, 0.25) is 0 Å². The first-order valence-corrected chi connectivity index (χ1v) is 10.7. The molecule has 0 spiro atoms. The van der Waals surface area contributed by atoms with Crippen LogP contribution in [0, 0.1) is 13.8 Å². The van der Waals surface area contributed by atoms with E-state index in [0.29, 0.717) is 18.3 Å². The first-order chi connectivity index (χ1) is 13.0. The van der Waals surface area contributed by atoms with Crippen LogP contribution in [0.3, 0.4) is 0 Å². The molecule has 0 fully saturated rings. The first-order valence-electron chi connectivity index (χ1n) is 9.39. The van der Waals surface area contributed by atoms with Crippen molar-refractivity contribution in [3.63, 3.8) is 0 Å². The Morgan fingerprint density at radius 2 is 2.04 bits per heavy atom. The van der Waals surface area contributed by atoms with Crippen molar-refractivity contribution in [3.05, 3.63) is 71.3 Å². The van der Waals surface area contributed by atoms with Gasteiger partial charge in [0.15, 0.2) is 0 Å². The second-order valence-electron chi connectivity index (χ2n) is 7.07. The van der Waals surface area contributed by atoms with Crippen molar-refractivity contribution in [2.45, 2.75) is 45.3 Å². The van der Waals surface area contributed by atoms with E-state index in [1.54, 1.807) is 0 Å². The highest BCUT2D eigenvalue weighted by Crippen LogP contribution is 2.35. The third-order valence-corrected chi connectivity index (χ3v) is 6.43. The molecule has 1 aliphatic heterocycles. The van der Waals surface area contributed by atoms with Crippen LogP contribution in [-0.2, 0) is 16.6 Å². The number of rotatable bonds is 6. The van der Waals surface area contributed by atoms with Gasteiger partial charge in [0, 0.05) is 6.42 Å². The maximum absolute atomic E-state index is 13.1. The Bertz CT molecular complexity index is 901. The number of aryl methyl sites for hydroxylation is 1. The minimum Gasteiger partial charge on any atom is -0.493 e. The van der Waals surface area contributed by atoms with E-state index < -0.39 is 10.8 Å². The van der Waals surface area contributed by atoms with Crippen molar-refractivity contribution in [2.75, 3.05) is 6.61 Å². The van der Waals surface area contributed by atoms with Gasteiger partial charge in [0.2, 0.25) is 0 Å². The van der Waals surface area contributed by atoms with Gasteiger partial charge in [-0.3, -0.25) is 4.21 Å². The number of benzene rings is 2. The SMILES string of the molecule is C=CCCOc1ccc(C)c(CS(=O)C2=Nc3ccccc3[C@@H](C)C2)c1C. The number of hydrogen-bond donors (Lipinski definition) is 0. The number of fused-ring (bicyclic) bond motifs is 1. The van der Waals surface area contributed by atoms with Crippen molar-refractivity contribution in [1.82, 2.24) is 0 Å². The van der Waals surface area contributed by atoms with E-state index in [-0.39, 0.29) is 0 Å². The lowest BCUT2D eigenvalue weighted by Crippen LogP contribution is -2.17. The van der Waals surface area contributed by atoms with Crippen molar-refractivity contribution in [3.8, 4) is 5.75 Å². The fourth-order valence-electron chi connectivity index (χ4n) is 3.42. The van der Waals surface area contributed by atoms with Crippen LogP contribution in [-0.4, -0.2) is 15.9 Å². The predicted molar refractivity (Wildman–Crippen MR) is 115 cm³/mol. The molecule has 4 heteroatoms. The molecule has 3 nitrogen and oxygen atoms in total. The smallest absolute Gasteiger partial charge is 0.122 e. The molecule has 0 saturated heterocycles. The van der Waals surface area contributed by atoms with Crippen LogP contribution in [0.5, 0.6) is 5.75 Å². The van der Waals surface area contributed by atoms with E-state index in [4.69, 9.17) is 9.73 Å².